The van der Waals surface area contributed by atoms with Gasteiger partial charge >= 0.3 is 24.4 Å². The molecule has 1 aromatic carbocycles. The van der Waals surface area contributed by atoms with Crippen molar-refractivity contribution in [3.63, 3.8) is 0 Å². The van der Waals surface area contributed by atoms with E-state index in [1.165, 1.54) is 12.1 Å². The fraction of sp³-hybridized carbons (Fsp3) is 0.500. The highest BCUT2D eigenvalue weighted by atomic mass is 19.4. The predicted molar refractivity (Wildman–Crippen MR) is 71.9 cm³/mol. The molecule has 0 radical (unpaired) electrons. The number of benzene rings is 1. The Balaban J connectivity index is 0.000000351. The average molecular weight is 359 g/mol. The van der Waals surface area contributed by atoms with Crippen molar-refractivity contribution in [3.8, 4) is 5.75 Å². The van der Waals surface area contributed by atoms with Gasteiger partial charge in [-0.25, -0.2) is 13.6 Å². The molecule has 0 aromatic heterocycles. The first kappa shape index (κ1) is 20.1. The van der Waals surface area contributed by atoms with Crippen molar-refractivity contribution >= 4 is 5.97 Å². The second kappa shape index (κ2) is 7.73. The molecular weight excluding hydrogens is 344 g/mol. The lowest BCUT2D eigenvalue weighted by Gasteiger charge is -2.28. The van der Waals surface area contributed by atoms with E-state index >= 15 is 0 Å². The standard InChI is InChI=1S/C12H14F3NO.C2HF3O2/c1-12(15,11(13)14)17-10-4-2-8(3-5-10)9-6-16-7-9;3-2(4,5)1(6)7/h2-5,9,11,16H,6-7H2,1H3;(H,6,7). The summed E-state index contributed by atoms with van der Waals surface area (Å²) in [4.78, 5) is 8.90. The van der Waals surface area contributed by atoms with E-state index in [0.29, 0.717) is 5.92 Å². The molecular formula is C14H15F6NO3. The summed E-state index contributed by atoms with van der Waals surface area (Å²) in [7, 11) is 0. The minimum atomic E-state index is -5.08. The van der Waals surface area contributed by atoms with Crippen LogP contribution in [0.2, 0.25) is 0 Å². The molecule has 1 fully saturated rings. The molecule has 1 saturated heterocycles. The zero-order valence-corrected chi connectivity index (χ0v) is 12.4. The molecule has 4 nitrogen and oxygen atoms in total. The number of aliphatic carboxylic acids is 1. The summed E-state index contributed by atoms with van der Waals surface area (Å²) in [5.74, 6) is -5.13. The molecule has 0 aliphatic carbocycles. The number of rotatable bonds is 4. The maximum Gasteiger partial charge on any atom is 0.490 e. The Bertz CT molecular complexity index is 540. The molecule has 24 heavy (non-hydrogen) atoms. The monoisotopic (exact) mass is 359 g/mol. The Morgan fingerprint density at radius 2 is 1.67 bits per heavy atom. The van der Waals surface area contributed by atoms with Crippen LogP contribution in [-0.2, 0) is 4.79 Å². The summed E-state index contributed by atoms with van der Waals surface area (Å²) in [5, 5.41) is 10.3. The lowest BCUT2D eigenvalue weighted by Crippen LogP contribution is -2.39. The molecule has 0 bridgehead atoms. The number of carboxylic acid groups (broad SMARTS) is 1. The minimum absolute atomic E-state index is 0.117. The fourth-order valence-corrected chi connectivity index (χ4v) is 1.61. The van der Waals surface area contributed by atoms with Gasteiger partial charge in [-0.15, -0.1) is 0 Å². The minimum Gasteiger partial charge on any atom is -0.475 e. The van der Waals surface area contributed by atoms with Crippen LogP contribution in [0, 0.1) is 0 Å². The summed E-state index contributed by atoms with van der Waals surface area (Å²) < 4.78 is 74.1. The van der Waals surface area contributed by atoms with E-state index in [2.05, 4.69) is 10.1 Å². The number of ether oxygens (including phenoxy) is 1. The Morgan fingerprint density at radius 1 is 1.21 bits per heavy atom. The second-order valence-corrected chi connectivity index (χ2v) is 5.12. The van der Waals surface area contributed by atoms with E-state index in [1.54, 1.807) is 12.1 Å². The summed E-state index contributed by atoms with van der Waals surface area (Å²) in [6, 6.07) is 6.60. The van der Waals surface area contributed by atoms with Crippen LogP contribution >= 0.6 is 0 Å². The van der Waals surface area contributed by atoms with E-state index < -0.39 is 24.4 Å². The molecule has 1 aliphatic heterocycles. The third kappa shape index (κ3) is 5.91. The molecule has 2 rings (SSSR count). The number of nitrogens with one attached hydrogen (secondary N) is 1. The first-order valence-corrected chi connectivity index (χ1v) is 6.70. The van der Waals surface area contributed by atoms with E-state index in [4.69, 9.17) is 9.90 Å². The molecule has 0 amide bonds. The van der Waals surface area contributed by atoms with Crippen molar-refractivity contribution in [2.45, 2.75) is 31.3 Å². The first-order valence-electron chi connectivity index (χ1n) is 6.70. The van der Waals surface area contributed by atoms with Gasteiger partial charge in [0.15, 0.2) is 0 Å². The van der Waals surface area contributed by atoms with Crippen molar-refractivity contribution in [2.24, 2.45) is 0 Å². The smallest absolute Gasteiger partial charge is 0.475 e. The molecule has 136 valence electrons. The predicted octanol–water partition coefficient (Wildman–Crippen LogP) is 3.34. The van der Waals surface area contributed by atoms with Crippen LogP contribution < -0.4 is 10.1 Å². The van der Waals surface area contributed by atoms with Gasteiger partial charge in [-0.05, 0) is 17.7 Å². The Morgan fingerprint density at radius 3 is 1.96 bits per heavy atom. The average Bonchev–Trinajstić information content (AvgIpc) is 2.38. The molecule has 10 heteroatoms. The van der Waals surface area contributed by atoms with Crippen LogP contribution in [0.25, 0.3) is 0 Å². The zero-order valence-electron chi connectivity index (χ0n) is 12.4. The van der Waals surface area contributed by atoms with Crippen LogP contribution in [-0.4, -0.2) is 42.6 Å². The lowest BCUT2D eigenvalue weighted by atomic mass is 9.94. The Kier molecular flexibility index (Phi) is 6.47. The van der Waals surface area contributed by atoms with Crippen LogP contribution in [0.15, 0.2) is 24.3 Å². The van der Waals surface area contributed by atoms with Crippen molar-refractivity contribution in [1.82, 2.24) is 5.32 Å². The Hall–Kier alpha value is -1.97. The number of carboxylic acids is 1. The van der Waals surface area contributed by atoms with Gasteiger partial charge in [0.2, 0.25) is 0 Å². The van der Waals surface area contributed by atoms with Crippen LogP contribution in [0.4, 0.5) is 26.3 Å². The van der Waals surface area contributed by atoms with Crippen molar-refractivity contribution in [3.05, 3.63) is 29.8 Å². The van der Waals surface area contributed by atoms with Crippen molar-refractivity contribution in [2.75, 3.05) is 13.1 Å². The number of hydrogen-bond donors (Lipinski definition) is 2. The van der Waals surface area contributed by atoms with Gasteiger partial charge in [0.05, 0.1) is 0 Å². The van der Waals surface area contributed by atoms with E-state index in [0.717, 1.165) is 25.6 Å². The maximum atomic E-state index is 13.3. The van der Waals surface area contributed by atoms with E-state index in [-0.39, 0.29) is 5.75 Å². The van der Waals surface area contributed by atoms with Crippen molar-refractivity contribution in [1.29, 1.82) is 0 Å². The molecule has 0 saturated carbocycles. The molecule has 0 spiro atoms. The normalized spacial score (nSPS) is 17.3. The number of hydrogen-bond acceptors (Lipinski definition) is 3. The summed E-state index contributed by atoms with van der Waals surface area (Å²) in [6.07, 6.45) is -8.25. The van der Waals surface area contributed by atoms with Gasteiger partial charge in [-0.1, -0.05) is 12.1 Å². The highest BCUT2D eigenvalue weighted by Gasteiger charge is 2.38. The van der Waals surface area contributed by atoms with E-state index in [1.807, 2.05) is 0 Å². The quantitative estimate of drug-likeness (QED) is 0.810. The van der Waals surface area contributed by atoms with Gasteiger partial charge < -0.3 is 15.2 Å². The highest BCUT2D eigenvalue weighted by Crippen LogP contribution is 2.27. The summed E-state index contributed by atoms with van der Waals surface area (Å²) >= 11 is 0. The summed E-state index contributed by atoms with van der Waals surface area (Å²) in [6.45, 7) is 2.55. The molecule has 2 N–H and O–H groups in total. The van der Waals surface area contributed by atoms with Gasteiger partial charge in [0.25, 0.3) is 0 Å². The first-order chi connectivity index (χ1) is 10.9. The molecule has 1 unspecified atom stereocenters. The summed E-state index contributed by atoms with van der Waals surface area (Å²) in [5.41, 5.74) is 1.11. The zero-order chi connectivity index (χ0) is 18.5. The highest BCUT2D eigenvalue weighted by molar-refractivity contribution is 5.73. The van der Waals surface area contributed by atoms with Gasteiger partial charge in [0.1, 0.15) is 5.75 Å². The number of carbonyl (C=O) groups is 1. The van der Waals surface area contributed by atoms with Gasteiger partial charge in [-0.2, -0.15) is 17.6 Å². The van der Waals surface area contributed by atoms with Crippen molar-refractivity contribution < 1.29 is 41.0 Å². The maximum absolute atomic E-state index is 13.3. The molecule has 1 heterocycles. The molecule has 1 atom stereocenters. The van der Waals surface area contributed by atoms with Gasteiger partial charge in [0, 0.05) is 25.9 Å². The van der Waals surface area contributed by atoms with Crippen LogP contribution in [0.3, 0.4) is 0 Å². The third-order valence-electron chi connectivity index (χ3n) is 3.08. The van der Waals surface area contributed by atoms with Crippen LogP contribution in [0.1, 0.15) is 18.4 Å². The number of halogens is 6. The largest absolute Gasteiger partial charge is 0.490 e. The fourth-order valence-electron chi connectivity index (χ4n) is 1.61. The van der Waals surface area contributed by atoms with E-state index in [9.17, 15) is 26.3 Å². The SMILES string of the molecule is CC(F)(Oc1ccc(C2CNC2)cc1)C(F)F.O=C(O)C(F)(F)F. The second-order valence-electron chi connectivity index (χ2n) is 5.12. The lowest BCUT2D eigenvalue weighted by molar-refractivity contribution is -0.192. The van der Waals surface area contributed by atoms with Gasteiger partial charge in [-0.3, -0.25) is 0 Å². The number of alkyl halides is 6. The Labute approximate surface area is 133 Å². The third-order valence-corrected chi connectivity index (χ3v) is 3.08. The molecule has 1 aliphatic rings. The topological polar surface area (TPSA) is 58.6 Å². The van der Waals surface area contributed by atoms with Crippen LogP contribution in [0.5, 0.6) is 5.75 Å². The molecule has 1 aromatic rings.